The standard InChI is InChI=1S/C17H16BrNO2/c1-10-2-3-13(9-14(10)18)17(21)12-4-6-15-11(8-12)5-7-16(20)19-15/h2-4,6,8-9,17,21H,5,7H2,1H3,(H,19,20). The lowest BCUT2D eigenvalue weighted by atomic mass is 9.95. The molecule has 1 aliphatic heterocycles. The number of hydrogen-bond acceptors (Lipinski definition) is 2. The van der Waals surface area contributed by atoms with E-state index >= 15 is 0 Å². The largest absolute Gasteiger partial charge is 0.384 e. The van der Waals surface area contributed by atoms with Gasteiger partial charge in [0.05, 0.1) is 0 Å². The van der Waals surface area contributed by atoms with Crippen LogP contribution >= 0.6 is 15.9 Å². The molecule has 2 N–H and O–H groups in total. The highest BCUT2D eigenvalue weighted by atomic mass is 79.9. The van der Waals surface area contributed by atoms with Gasteiger partial charge in [-0.2, -0.15) is 0 Å². The molecule has 2 aromatic carbocycles. The number of anilines is 1. The molecule has 0 saturated heterocycles. The van der Waals surface area contributed by atoms with Crippen LogP contribution in [0.4, 0.5) is 5.69 Å². The highest BCUT2D eigenvalue weighted by molar-refractivity contribution is 9.10. The molecule has 21 heavy (non-hydrogen) atoms. The lowest BCUT2D eigenvalue weighted by molar-refractivity contribution is -0.116. The SMILES string of the molecule is Cc1ccc(C(O)c2ccc3c(c2)CCC(=O)N3)cc1Br. The normalized spacial score (nSPS) is 15.3. The molecule has 1 heterocycles. The predicted octanol–water partition coefficient (Wildman–Crippen LogP) is 3.72. The first kappa shape index (κ1) is 14.3. The van der Waals surface area contributed by atoms with Crippen LogP contribution in [0.15, 0.2) is 40.9 Å². The van der Waals surface area contributed by atoms with Crippen LogP contribution in [0.1, 0.15) is 34.8 Å². The highest BCUT2D eigenvalue weighted by Gasteiger charge is 2.18. The molecule has 0 saturated carbocycles. The number of halogens is 1. The molecule has 1 atom stereocenters. The van der Waals surface area contributed by atoms with Crippen molar-refractivity contribution < 1.29 is 9.90 Å². The van der Waals surface area contributed by atoms with Gasteiger partial charge in [0, 0.05) is 16.6 Å². The fourth-order valence-electron chi connectivity index (χ4n) is 2.55. The van der Waals surface area contributed by atoms with Crippen LogP contribution in [-0.4, -0.2) is 11.0 Å². The molecule has 0 aromatic heterocycles. The van der Waals surface area contributed by atoms with Crippen molar-refractivity contribution >= 4 is 27.5 Å². The van der Waals surface area contributed by atoms with E-state index in [0.29, 0.717) is 6.42 Å². The Morgan fingerprint density at radius 3 is 2.62 bits per heavy atom. The summed E-state index contributed by atoms with van der Waals surface area (Å²) in [5, 5.41) is 13.4. The fraction of sp³-hybridized carbons (Fsp3) is 0.235. The van der Waals surface area contributed by atoms with Gasteiger partial charge in [0.1, 0.15) is 6.10 Å². The van der Waals surface area contributed by atoms with Crippen LogP contribution in [0.25, 0.3) is 0 Å². The van der Waals surface area contributed by atoms with Gasteiger partial charge in [0.2, 0.25) is 5.91 Å². The quantitative estimate of drug-likeness (QED) is 0.871. The Morgan fingerprint density at radius 1 is 1.14 bits per heavy atom. The van der Waals surface area contributed by atoms with Crippen molar-refractivity contribution in [3.8, 4) is 0 Å². The van der Waals surface area contributed by atoms with E-state index in [2.05, 4.69) is 21.2 Å². The zero-order valence-electron chi connectivity index (χ0n) is 11.7. The second-order valence-corrected chi connectivity index (χ2v) is 6.23. The van der Waals surface area contributed by atoms with Gasteiger partial charge in [-0.15, -0.1) is 0 Å². The molecule has 0 radical (unpaired) electrons. The summed E-state index contributed by atoms with van der Waals surface area (Å²) < 4.78 is 0.990. The van der Waals surface area contributed by atoms with Crippen LogP contribution < -0.4 is 5.32 Å². The van der Waals surface area contributed by atoms with E-state index in [-0.39, 0.29) is 5.91 Å². The van der Waals surface area contributed by atoms with Gasteiger partial charge in [-0.1, -0.05) is 40.2 Å². The molecule has 3 rings (SSSR count). The van der Waals surface area contributed by atoms with Crippen molar-refractivity contribution in [2.45, 2.75) is 25.9 Å². The second-order valence-electron chi connectivity index (χ2n) is 5.38. The number of carbonyl (C=O) groups is 1. The monoisotopic (exact) mass is 345 g/mol. The smallest absolute Gasteiger partial charge is 0.224 e. The first-order valence-electron chi connectivity index (χ1n) is 6.91. The van der Waals surface area contributed by atoms with Crippen LogP contribution in [0, 0.1) is 6.92 Å². The van der Waals surface area contributed by atoms with Crippen LogP contribution in [0.3, 0.4) is 0 Å². The molecular weight excluding hydrogens is 330 g/mol. The maximum atomic E-state index is 11.4. The van der Waals surface area contributed by atoms with E-state index in [1.165, 1.54) is 0 Å². The predicted molar refractivity (Wildman–Crippen MR) is 86.3 cm³/mol. The lowest BCUT2D eigenvalue weighted by Crippen LogP contribution is -2.19. The van der Waals surface area contributed by atoms with Crippen molar-refractivity contribution in [1.29, 1.82) is 0 Å². The minimum atomic E-state index is -0.662. The van der Waals surface area contributed by atoms with E-state index < -0.39 is 6.10 Å². The average molecular weight is 346 g/mol. The van der Waals surface area contributed by atoms with Gasteiger partial charge >= 0.3 is 0 Å². The molecular formula is C17H16BrNO2. The minimum absolute atomic E-state index is 0.0539. The van der Waals surface area contributed by atoms with E-state index in [1.807, 2.05) is 43.3 Å². The Labute approximate surface area is 132 Å². The summed E-state index contributed by atoms with van der Waals surface area (Å²) in [6.45, 7) is 2.02. The number of aryl methyl sites for hydroxylation is 2. The number of aliphatic hydroxyl groups excluding tert-OH is 1. The molecule has 0 aliphatic carbocycles. The maximum Gasteiger partial charge on any atom is 0.224 e. The van der Waals surface area contributed by atoms with E-state index in [1.54, 1.807) is 0 Å². The molecule has 1 amide bonds. The number of carbonyl (C=O) groups excluding carboxylic acids is 1. The minimum Gasteiger partial charge on any atom is -0.384 e. The number of fused-ring (bicyclic) bond motifs is 1. The molecule has 108 valence electrons. The third kappa shape index (κ3) is 2.87. The van der Waals surface area contributed by atoms with Crippen molar-refractivity contribution in [3.63, 3.8) is 0 Å². The highest BCUT2D eigenvalue weighted by Crippen LogP contribution is 2.30. The van der Waals surface area contributed by atoms with Crippen molar-refractivity contribution in [2.24, 2.45) is 0 Å². The molecule has 0 fully saturated rings. The van der Waals surface area contributed by atoms with Gasteiger partial charge in [-0.05, 0) is 47.7 Å². The molecule has 4 heteroatoms. The molecule has 0 bridgehead atoms. The zero-order chi connectivity index (χ0) is 15.0. The number of rotatable bonds is 2. The molecule has 1 aliphatic rings. The first-order valence-corrected chi connectivity index (χ1v) is 7.70. The number of hydrogen-bond donors (Lipinski definition) is 2. The van der Waals surface area contributed by atoms with Crippen LogP contribution in [-0.2, 0) is 11.2 Å². The summed E-state index contributed by atoms with van der Waals surface area (Å²) in [7, 11) is 0. The van der Waals surface area contributed by atoms with Gasteiger partial charge in [-0.25, -0.2) is 0 Å². The zero-order valence-corrected chi connectivity index (χ0v) is 13.3. The van der Waals surface area contributed by atoms with Crippen molar-refractivity contribution in [3.05, 3.63) is 63.1 Å². The summed E-state index contributed by atoms with van der Waals surface area (Å²) >= 11 is 3.49. The summed E-state index contributed by atoms with van der Waals surface area (Å²) in [5.41, 5.74) is 4.77. The molecule has 2 aromatic rings. The van der Waals surface area contributed by atoms with Crippen molar-refractivity contribution in [2.75, 3.05) is 5.32 Å². The Morgan fingerprint density at radius 2 is 1.86 bits per heavy atom. The number of nitrogens with one attached hydrogen (secondary N) is 1. The molecule has 1 unspecified atom stereocenters. The summed E-state index contributed by atoms with van der Waals surface area (Å²) in [6, 6.07) is 11.6. The van der Waals surface area contributed by atoms with Gasteiger partial charge < -0.3 is 10.4 Å². The van der Waals surface area contributed by atoms with E-state index in [9.17, 15) is 9.90 Å². The second kappa shape index (κ2) is 5.62. The fourth-order valence-corrected chi connectivity index (χ4v) is 2.94. The number of aliphatic hydroxyl groups is 1. The average Bonchev–Trinajstić information content (AvgIpc) is 2.49. The number of amides is 1. The van der Waals surface area contributed by atoms with Crippen LogP contribution in [0.5, 0.6) is 0 Å². The molecule has 0 spiro atoms. The van der Waals surface area contributed by atoms with Gasteiger partial charge in [0.25, 0.3) is 0 Å². The van der Waals surface area contributed by atoms with Gasteiger partial charge in [0.15, 0.2) is 0 Å². The maximum absolute atomic E-state index is 11.4. The Bertz CT molecular complexity index is 712. The summed E-state index contributed by atoms with van der Waals surface area (Å²) in [6.07, 6.45) is 0.562. The van der Waals surface area contributed by atoms with E-state index in [4.69, 9.17) is 0 Å². The lowest BCUT2D eigenvalue weighted by Gasteiger charge is -2.19. The third-order valence-corrected chi connectivity index (χ3v) is 4.71. The Kier molecular flexibility index (Phi) is 3.83. The summed E-state index contributed by atoms with van der Waals surface area (Å²) in [4.78, 5) is 11.4. The Balaban J connectivity index is 1.93. The number of benzene rings is 2. The van der Waals surface area contributed by atoms with Gasteiger partial charge in [-0.3, -0.25) is 4.79 Å². The third-order valence-electron chi connectivity index (χ3n) is 3.85. The topological polar surface area (TPSA) is 49.3 Å². The summed E-state index contributed by atoms with van der Waals surface area (Å²) in [5.74, 6) is 0.0539. The molecule has 3 nitrogen and oxygen atoms in total. The first-order chi connectivity index (χ1) is 10.0. The van der Waals surface area contributed by atoms with Crippen LogP contribution in [0.2, 0.25) is 0 Å². The Hall–Kier alpha value is -1.65. The van der Waals surface area contributed by atoms with E-state index in [0.717, 1.165) is 38.8 Å². The van der Waals surface area contributed by atoms with Crippen molar-refractivity contribution in [1.82, 2.24) is 0 Å².